The molecule has 58 valence electrons. The van der Waals surface area contributed by atoms with Crippen LogP contribution in [0.5, 0.6) is 0 Å². The molecule has 0 aliphatic heterocycles. The number of aliphatic hydroxyl groups excluding tert-OH is 1. The molecule has 3 nitrogen and oxygen atoms in total. The average Bonchev–Trinajstić information content (AvgIpc) is 2.59. The van der Waals surface area contributed by atoms with Crippen molar-refractivity contribution in [3.8, 4) is 0 Å². The fraction of sp³-hybridized carbons (Fsp3) is 0.857. The van der Waals surface area contributed by atoms with Gasteiger partial charge in [-0.2, -0.15) is 0 Å². The minimum Gasteiger partial charge on any atom is -0.469 e. The monoisotopic (exact) mass is 144 g/mol. The van der Waals surface area contributed by atoms with Crippen molar-refractivity contribution in [3.05, 3.63) is 0 Å². The number of ether oxygens (including phenoxy) is 1. The molecule has 1 N–H and O–H groups in total. The van der Waals surface area contributed by atoms with Crippen molar-refractivity contribution < 1.29 is 14.6 Å². The van der Waals surface area contributed by atoms with Gasteiger partial charge in [-0.3, -0.25) is 4.79 Å². The lowest BCUT2D eigenvalue weighted by molar-refractivity contribution is -0.142. The zero-order chi connectivity index (χ0) is 7.72. The van der Waals surface area contributed by atoms with Gasteiger partial charge < -0.3 is 9.84 Å². The number of carbonyl (C=O) groups is 1. The Hall–Kier alpha value is -0.570. The van der Waals surface area contributed by atoms with E-state index in [4.69, 9.17) is 5.11 Å². The molecule has 1 fully saturated rings. The van der Waals surface area contributed by atoms with Gasteiger partial charge in [-0.25, -0.2) is 0 Å². The first-order valence-electron chi connectivity index (χ1n) is 3.41. The number of esters is 1. The van der Waals surface area contributed by atoms with Crippen LogP contribution >= 0.6 is 0 Å². The summed E-state index contributed by atoms with van der Waals surface area (Å²) < 4.78 is 4.53. The Morgan fingerprint density at radius 3 is 2.60 bits per heavy atom. The second-order valence-electron chi connectivity index (χ2n) is 2.75. The molecule has 1 saturated carbocycles. The molecular weight excluding hydrogens is 132 g/mol. The van der Waals surface area contributed by atoms with Crippen molar-refractivity contribution in [1.29, 1.82) is 0 Å². The van der Waals surface area contributed by atoms with Crippen LogP contribution in [-0.2, 0) is 9.53 Å². The Morgan fingerprint density at radius 1 is 1.70 bits per heavy atom. The Kier molecular flexibility index (Phi) is 1.94. The first-order valence-corrected chi connectivity index (χ1v) is 3.41. The van der Waals surface area contributed by atoms with Gasteiger partial charge in [0, 0.05) is 6.61 Å². The summed E-state index contributed by atoms with van der Waals surface area (Å²) in [7, 11) is 1.38. The summed E-state index contributed by atoms with van der Waals surface area (Å²) in [6, 6.07) is 0. The quantitative estimate of drug-likeness (QED) is 0.556. The Balaban J connectivity index is 2.40. The molecule has 3 heteroatoms. The minimum atomic E-state index is -0.188. The van der Waals surface area contributed by atoms with Gasteiger partial charge in [0.05, 0.1) is 13.0 Å². The average molecular weight is 144 g/mol. The standard InChI is InChI=1S/C7H12O3/c1-4-5(3-8)6(4)7(9)10-2/h4-6,8H,3H2,1-2H3/t4-,5-,6+/m1/s1. The Morgan fingerprint density at radius 2 is 2.30 bits per heavy atom. The van der Waals surface area contributed by atoms with Crippen molar-refractivity contribution in [3.63, 3.8) is 0 Å². The summed E-state index contributed by atoms with van der Waals surface area (Å²) in [6.45, 7) is 2.05. The Bertz CT molecular complexity index is 144. The molecule has 0 spiro atoms. The normalized spacial score (nSPS) is 37.3. The lowest BCUT2D eigenvalue weighted by Crippen LogP contribution is -2.05. The van der Waals surface area contributed by atoms with Gasteiger partial charge in [-0.05, 0) is 11.8 Å². The van der Waals surface area contributed by atoms with Gasteiger partial charge >= 0.3 is 5.97 Å². The van der Waals surface area contributed by atoms with E-state index in [9.17, 15) is 4.79 Å². The molecule has 0 aromatic rings. The van der Waals surface area contributed by atoms with Crippen LogP contribution in [-0.4, -0.2) is 24.8 Å². The molecule has 0 saturated heterocycles. The first-order chi connectivity index (χ1) is 4.72. The molecule has 10 heavy (non-hydrogen) atoms. The molecule has 0 aromatic carbocycles. The van der Waals surface area contributed by atoms with Crippen molar-refractivity contribution in [2.45, 2.75) is 6.92 Å². The topological polar surface area (TPSA) is 46.5 Å². The minimum absolute atomic E-state index is 0.0463. The fourth-order valence-corrected chi connectivity index (χ4v) is 1.35. The molecular formula is C7H12O3. The number of hydrogen-bond acceptors (Lipinski definition) is 3. The van der Waals surface area contributed by atoms with Gasteiger partial charge in [0.15, 0.2) is 0 Å². The van der Waals surface area contributed by atoms with E-state index in [1.165, 1.54) is 7.11 Å². The van der Waals surface area contributed by atoms with E-state index in [1.807, 2.05) is 6.92 Å². The predicted octanol–water partition coefficient (Wildman–Crippen LogP) is 0.0338. The zero-order valence-electron chi connectivity index (χ0n) is 6.20. The summed E-state index contributed by atoms with van der Waals surface area (Å²) >= 11 is 0. The number of methoxy groups -OCH3 is 1. The van der Waals surface area contributed by atoms with E-state index in [0.29, 0.717) is 5.92 Å². The third-order valence-electron chi connectivity index (χ3n) is 2.25. The lowest BCUT2D eigenvalue weighted by atomic mass is 10.3. The van der Waals surface area contributed by atoms with Crippen LogP contribution < -0.4 is 0 Å². The summed E-state index contributed by atoms with van der Waals surface area (Å²) in [5, 5.41) is 8.68. The van der Waals surface area contributed by atoms with Crippen LogP contribution in [0.1, 0.15) is 6.92 Å². The molecule has 0 radical (unpaired) electrons. The highest BCUT2D eigenvalue weighted by Crippen LogP contribution is 2.45. The maximum absolute atomic E-state index is 10.8. The SMILES string of the molecule is COC(=O)[C@H]1[C@H](C)[C@H]1CO. The third kappa shape index (κ3) is 1.01. The highest BCUT2D eigenvalue weighted by molar-refractivity contribution is 5.76. The van der Waals surface area contributed by atoms with Crippen molar-refractivity contribution in [2.75, 3.05) is 13.7 Å². The van der Waals surface area contributed by atoms with Gasteiger partial charge in [0.25, 0.3) is 0 Å². The van der Waals surface area contributed by atoms with Crippen LogP contribution in [0.25, 0.3) is 0 Å². The highest BCUT2D eigenvalue weighted by Gasteiger charge is 2.51. The maximum Gasteiger partial charge on any atom is 0.309 e. The van der Waals surface area contributed by atoms with E-state index in [0.717, 1.165) is 0 Å². The molecule has 0 heterocycles. The molecule has 1 aliphatic carbocycles. The summed E-state index contributed by atoms with van der Waals surface area (Å²) in [6.07, 6.45) is 0. The summed E-state index contributed by atoms with van der Waals surface area (Å²) in [5.74, 6) is 0.214. The van der Waals surface area contributed by atoms with E-state index in [2.05, 4.69) is 4.74 Å². The van der Waals surface area contributed by atoms with Gasteiger partial charge in [-0.1, -0.05) is 6.92 Å². The van der Waals surface area contributed by atoms with Crippen molar-refractivity contribution >= 4 is 5.97 Å². The lowest BCUT2D eigenvalue weighted by Gasteiger charge is -1.93. The van der Waals surface area contributed by atoms with E-state index < -0.39 is 0 Å². The number of hydrogen-bond donors (Lipinski definition) is 1. The molecule has 1 aliphatic rings. The largest absolute Gasteiger partial charge is 0.469 e. The molecule has 1 rings (SSSR count). The highest BCUT2D eigenvalue weighted by atomic mass is 16.5. The van der Waals surface area contributed by atoms with Gasteiger partial charge in [0.1, 0.15) is 0 Å². The molecule has 3 atom stereocenters. The molecule has 0 aromatic heterocycles. The predicted molar refractivity (Wildman–Crippen MR) is 35.2 cm³/mol. The molecule has 0 amide bonds. The van der Waals surface area contributed by atoms with Crippen molar-refractivity contribution in [2.24, 2.45) is 17.8 Å². The van der Waals surface area contributed by atoms with Crippen LogP contribution in [0, 0.1) is 17.8 Å². The second-order valence-corrected chi connectivity index (χ2v) is 2.75. The van der Waals surface area contributed by atoms with Crippen molar-refractivity contribution in [1.82, 2.24) is 0 Å². The summed E-state index contributed by atoms with van der Waals surface area (Å²) in [4.78, 5) is 10.8. The molecule has 0 unspecified atom stereocenters. The van der Waals surface area contributed by atoms with Crippen LogP contribution in [0.3, 0.4) is 0 Å². The third-order valence-corrected chi connectivity index (χ3v) is 2.25. The van der Waals surface area contributed by atoms with Gasteiger partial charge in [0.2, 0.25) is 0 Å². The summed E-state index contributed by atoms with van der Waals surface area (Å²) in [5.41, 5.74) is 0. The zero-order valence-corrected chi connectivity index (χ0v) is 6.20. The molecule has 0 bridgehead atoms. The van der Waals surface area contributed by atoms with Crippen LogP contribution in [0.15, 0.2) is 0 Å². The van der Waals surface area contributed by atoms with Crippen LogP contribution in [0.2, 0.25) is 0 Å². The van der Waals surface area contributed by atoms with E-state index >= 15 is 0 Å². The maximum atomic E-state index is 10.8. The smallest absolute Gasteiger partial charge is 0.309 e. The number of carbonyl (C=O) groups excluding carboxylic acids is 1. The Labute approximate surface area is 60.0 Å². The van der Waals surface area contributed by atoms with Gasteiger partial charge in [-0.15, -0.1) is 0 Å². The second kappa shape index (κ2) is 2.58. The van der Waals surface area contributed by atoms with Crippen LogP contribution in [0.4, 0.5) is 0 Å². The fourth-order valence-electron chi connectivity index (χ4n) is 1.35. The van der Waals surface area contributed by atoms with E-state index in [1.54, 1.807) is 0 Å². The number of aliphatic hydroxyl groups is 1. The number of rotatable bonds is 2. The first kappa shape index (κ1) is 7.54. The van der Waals surface area contributed by atoms with E-state index in [-0.39, 0.29) is 24.4 Å².